The van der Waals surface area contributed by atoms with Crippen molar-refractivity contribution >= 4 is 34.5 Å². The Labute approximate surface area is 126 Å². The molecule has 0 aromatic rings. The predicted molar refractivity (Wildman–Crippen MR) is 76.7 cm³/mol. The van der Waals surface area contributed by atoms with Crippen LogP contribution in [-0.4, -0.2) is 39.4 Å². The number of esters is 1. The zero-order chi connectivity index (χ0) is 13.1. The van der Waals surface area contributed by atoms with Crippen molar-refractivity contribution in [2.24, 2.45) is 17.8 Å². The number of alkyl halides is 1. The fraction of sp³-hybridized carbons (Fsp3) is 0.857. The maximum Gasteiger partial charge on any atom is 0.306 e. The average Bonchev–Trinajstić information content (AvgIpc) is 2.92. The minimum Gasteiger partial charge on any atom is -0.461 e. The van der Waals surface area contributed by atoms with Gasteiger partial charge < -0.3 is 9.64 Å². The fourth-order valence-electron chi connectivity index (χ4n) is 4.83. The Morgan fingerprint density at radius 2 is 2.00 bits per heavy atom. The monoisotopic (exact) mass is 375 g/mol. The van der Waals surface area contributed by atoms with Crippen LogP contribution in [0.3, 0.4) is 0 Å². The first-order valence-electron chi connectivity index (χ1n) is 7.30. The molecule has 1 amide bonds. The summed E-state index contributed by atoms with van der Waals surface area (Å²) in [6.45, 7) is 0.894. The summed E-state index contributed by atoms with van der Waals surface area (Å²) < 4.78 is 5.97. The van der Waals surface area contributed by atoms with Crippen LogP contribution in [0.25, 0.3) is 0 Å². The molecule has 0 aromatic heterocycles. The van der Waals surface area contributed by atoms with E-state index < -0.39 is 0 Å². The molecular weight excluding hydrogens is 357 g/mol. The third-order valence-corrected chi connectivity index (χ3v) is 7.19. The third kappa shape index (κ3) is 1.69. The van der Waals surface area contributed by atoms with E-state index >= 15 is 0 Å². The number of fused-ring (bicyclic) bond motifs is 2. The number of nitrogens with zero attached hydrogens (tertiary/aromatic N) is 1. The van der Waals surface area contributed by atoms with Crippen LogP contribution in [0.1, 0.15) is 32.1 Å². The fourth-order valence-corrected chi connectivity index (χ4v) is 6.30. The van der Waals surface area contributed by atoms with Gasteiger partial charge in [-0.2, -0.15) is 0 Å². The van der Waals surface area contributed by atoms with E-state index in [1.807, 2.05) is 0 Å². The van der Waals surface area contributed by atoms with Gasteiger partial charge in [-0.3, -0.25) is 9.59 Å². The molecule has 1 saturated carbocycles. The zero-order valence-corrected chi connectivity index (χ0v) is 12.9. The lowest BCUT2D eigenvalue weighted by atomic mass is 9.68. The Hall–Kier alpha value is -0.330. The molecule has 0 unspecified atom stereocenters. The van der Waals surface area contributed by atoms with Crippen LogP contribution in [0.2, 0.25) is 0 Å². The molecule has 3 saturated heterocycles. The molecule has 3 heterocycles. The number of carbonyl (C=O) groups excluding carboxylic acids is 2. The maximum atomic E-state index is 12.2. The van der Waals surface area contributed by atoms with Gasteiger partial charge in [0.2, 0.25) is 5.91 Å². The second-order valence-corrected chi connectivity index (χ2v) is 7.79. The van der Waals surface area contributed by atoms with Crippen LogP contribution in [0.4, 0.5) is 0 Å². The Balaban J connectivity index is 1.73. The molecule has 0 aromatic carbocycles. The molecule has 5 heteroatoms. The first-order valence-corrected chi connectivity index (χ1v) is 8.54. The maximum absolute atomic E-state index is 12.2. The lowest BCUT2D eigenvalue weighted by Gasteiger charge is -2.45. The normalized spacial score (nSPS) is 48.6. The summed E-state index contributed by atoms with van der Waals surface area (Å²) in [6.07, 6.45) is 4.55. The molecule has 3 aliphatic heterocycles. The largest absolute Gasteiger partial charge is 0.461 e. The van der Waals surface area contributed by atoms with E-state index in [4.69, 9.17) is 4.74 Å². The van der Waals surface area contributed by atoms with Crippen molar-refractivity contribution < 1.29 is 14.3 Å². The summed E-state index contributed by atoms with van der Waals surface area (Å²) in [4.78, 5) is 26.0. The highest BCUT2D eigenvalue weighted by molar-refractivity contribution is 14.1. The average molecular weight is 375 g/mol. The molecule has 0 N–H and O–H groups in total. The standard InChI is InChI=1S/C14H18INO3/c15-12-8-2-1-3-10(17)16-5-4-7(13(8)16)9-6-11(18)19-14(9)12/h7-9,12-14H,1-6H2/t7-,8-,9-,12-,13+,14-/m1/s1. The van der Waals surface area contributed by atoms with E-state index in [1.165, 1.54) is 0 Å². The molecule has 0 spiro atoms. The zero-order valence-electron chi connectivity index (χ0n) is 10.8. The number of rotatable bonds is 0. The van der Waals surface area contributed by atoms with E-state index in [9.17, 15) is 9.59 Å². The first kappa shape index (κ1) is 12.4. The second-order valence-electron chi connectivity index (χ2n) is 6.35. The lowest BCUT2D eigenvalue weighted by molar-refractivity contribution is -0.143. The van der Waals surface area contributed by atoms with E-state index in [1.54, 1.807) is 0 Å². The van der Waals surface area contributed by atoms with Crippen molar-refractivity contribution in [1.82, 2.24) is 4.90 Å². The highest BCUT2D eigenvalue weighted by atomic mass is 127. The summed E-state index contributed by atoms with van der Waals surface area (Å²) in [5.41, 5.74) is 0. The minimum atomic E-state index is -0.0297. The Bertz CT molecular complexity index is 440. The van der Waals surface area contributed by atoms with E-state index in [0.29, 0.717) is 46.5 Å². The van der Waals surface area contributed by atoms with Crippen LogP contribution in [0.15, 0.2) is 0 Å². The first-order chi connectivity index (χ1) is 9.16. The number of carbonyl (C=O) groups is 2. The van der Waals surface area contributed by atoms with Crippen LogP contribution < -0.4 is 0 Å². The molecular formula is C14H18INO3. The second kappa shape index (κ2) is 4.33. The van der Waals surface area contributed by atoms with Gasteiger partial charge in [-0.1, -0.05) is 22.6 Å². The molecule has 4 rings (SSSR count). The van der Waals surface area contributed by atoms with E-state index in [2.05, 4.69) is 27.5 Å². The smallest absolute Gasteiger partial charge is 0.306 e. The van der Waals surface area contributed by atoms with Crippen molar-refractivity contribution in [2.45, 2.75) is 48.2 Å². The third-order valence-electron chi connectivity index (χ3n) is 5.55. The molecule has 4 fully saturated rings. The highest BCUT2D eigenvalue weighted by Crippen LogP contribution is 2.52. The summed E-state index contributed by atoms with van der Waals surface area (Å²) in [7, 11) is 0. The number of hydrogen-bond acceptors (Lipinski definition) is 3. The molecule has 6 atom stereocenters. The Morgan fingerprint density at radius 1 is 1.16 bits per heavy atom. The van der Waals surface area contributed by atoms with Crippen molar-refractivity contribution in [2.75, 3.05) is 6.54 Å². The minimum absolute atomic E-state index is 0.0297. The number of halogens is 1. The van der Waals surface area contributed by atoms with Crippen LogP contribution >= 0.6 is 22.6 Å². The van der Waals surface area contributed by atoms with Gasteiger partial charge in [0.15, 0.2) is 0 Å². The van der Waals surface area contributed by atoms with Gasteiger partial charge in [-0.15, -0.1) is 0 Å². The quantitative estimate of drug-likeness (QED) is 0.368. The van der Waals surface area contributed by atoms with Gasteiger partial charge in [0, 0.05) is 24.9 Å². The van der Waals surface area contributed by atoms with Gasteiger partial charge in [0.05, 0.1) is 10.3 Å². The van der Waals surface area contributed by atoms with Crippen molar-refractivity contribution in [3.8, 4) is 0 Å². The molecule has 19 heavy (non-hydrogen) atoms. The number of hydrogen-bond donors (Lipinski definition) is 0. The molecule has 104 valence electrons. The summed E-state index contributed by atoms with van der Waals surface area (Å²) in [5.74, 6) is 1.67. The van der Waals surface area contributed by atoms with Crippen molar-refractivity contribution in [3.05, 3.63) is 0 Å². The lowest BCUT2D eigenvalue weighted by Crippen LogP contribution is -2.54. The molecule has 0 bridgehead atoms. The molecule has 1 aliphatic carbocycles. The summed E-state index contributed by atoms with van der Waals surface area (Å²) >= 11 is 2.48. The Kier molecular flexibility index (Phi) is 2.83. The van der Waals surface area contributed by atoms with E-state index in [0.717, 1.165) is 25.8 Å². The number of ether oxygens (including phenoxy) is 1. The van der Waals surface area contributed by atoms with Gasteiger partial charge in [-0.05, 0) is 31.1 Å². The van der Waals surface area contributed by atoms with Crippen LogP contribution in [-0.2, 0) is 14.3 Å². The van der Waals surface area contributed by atoms with Gasteiger partial charge in [0.25, 0.3) is 0 Å². The van der Waals surface area contributed by atoms with Gasteiger partial charge in [-0.25, -0.2) is 0 Å². The summed E-state index contributed by atoms with van der Waals surface area (Å²) in [6, 6.07) is 0.382. The highest BCUT2D eigenvalue weighted by Gasteiger charge is 2.59. The van der Waals surface area contributed by atoms with Crippen LogP contribution in [0.5, 0.6) is 0 Å². The topological polar surface area (TPSA) is 46.6 Å². The molecule has 4 aliphatic rings. The molecule has 0 radical (unpaired) electrons. The van der Waals surface area contributed by atoms with Crippen LogP contribution in [0, 0.1) is 17.8 Å². The summed E-state index contributed by atoms with van der Waals surface area (Å²) in [5, 5.41) is 0. The molecule has 4 nitrogen and oxygen atoms in total. The van der Waals surface area contributed by atoms with Gasteiger partial charge >= 0.3 is 5.97 Å². The van der Waals surface area contributed by atoms with E-state index in [-0.39, 0.29) is 12.1 Å². The van der Waals surface area contributed by atoms with Crippen molar-refractivity contribution in [1.29, 1.82) is 0 Å². The SMILES string of the molecule is O=C1C[C@@H]2[C@H]3CCN4C(=O)CCC[C@H]([C@@H](I)[C@@H]2O1)[C@H]34. The van der Waals surface area contributed by atoms with Crippen molar-refractivity contribution in [3.63, 3.8) is 0 Å². The predicted octanol–water partition coefficient (Wildman–Crippen LogP) is 1.75. The van der Waals surface area contributed by atoms with Gasteiger partial charge in [0.1, 0.15) is 6.10 Å². The Morgan fingerprint density at radius 3 is 2.84 bits per heavy atom. The number of amides is 1.